The van der Waals surface area contributed by atoms with Crippen molar-refractivity contribution < 1.29 is 13.9 Å². The van der Waals surface area contributed by atoms with Crippen LogP contribution in [0.2, 0.25) is 0 Å². The number of hydrogen-bond acceptors (Lipinski definition) is 7. The number of ether oxygens (including phenoxy) is 1. The summed E-state index contributed by atoms with van der Waals surface area (Å²) in [5, 5.41) is 10.3. The minimum atomic E-state index is -0.706. The van der Waals surface area contributed by atoms with E-state index in [-0.39, 0.29) is 11.2 Å². The van der Waals surface area contributed by atoms with Gasteiger partial charge in [0, 0.05) is 10.9 Å². The lowest BCUT2D eigenvalue weighted by molar-refractivity contribution is 0.0970. The van der Waals surface area contributed by atoms with Crippen LogP contribution in [0.4, 0.5) is 5.13 Å². The summed E-state index contributed by atoms with van der Waals surface area (Å²) in [6.07, 6.45) is 0.756. The molecule has 3 heterocycles. The third-order valence-electron chi connectivity index (χ3n) is 5.56. The van der Waals surface area contributed by atoms with E-state index in [4.69, 9.17) is 9.15 Å². The number of carbonyl (C=O) groups is 1. The number of anilines is 1. The first-order valence-corrected chi connectivity index (χ1v) is 12.6. The Bertz CT molecular complexity index is 1460. The maximum absolute atomic E-state index is 13.7. The van der Waals surface area contributed by atoms with Crippen molar-refractivity contribution in [1.29, 1.82) is 0 Å². The van der Waals surface area contributed by atoms with Crippen molar-refractivity contribution in [3.8, 4) is 5.75 Å². The number of rotatable bonds is 6. The van der Waals surface area contributed by atoms with Crippen molar-refractivity contribution in [2.24, 2.45) is 5.92 Å². The Morgan fingerprint density at radius 1 is 1.18 bits per heavy atom. The van der Waals surface area contributed by atoms with Gasteiger partial charge in [-0.25, -0.2) is 0 Å². The number of fused-ring (bicyclic) bond motifs is 2. The Morgan fingerprint density at radius 2 is 2.00 bits per heavy atom. The third-order valence-corrected chi connectivity index (χ3v) is 7.00. The summed E-state index contributed by atoms with van der Waals surface area (Å²) in [5.74, 6) is 0.688. The normalized spacial score (nSPS) is 15.4. The molecule has 1 aliphatic rings. The first kappa shape index (κ1) is 22.7. The second-order valence-corrected chi connectivity index (χ2v) is 10.4. The standard InChI is InChI=1S/C25H22BrN3O4S/c1-4-32-16-7-5-6-14(11-16)21-20-22(30)17-12-15(26)8-9-18(17)33-23(20)24(31)29(21)25-28-27-19(34-25)10-13(2)3/h5-9,11-13,21H,4,10H2,1-3H3. The fraction of sp³-hybridized carbons (Fsp3) is 0.280. The summed E-state index contributed by atoms with van der Waals surface area (Å²) in [5.41, 5.74) is 1.15. The van der Waals surface area contributed by atoms with E-state index < -0.39 is 11.9 Å². The molecule has 1 amide bonds. The van der Waals surface area contributed by atoms with Crippen molar-refractivity contribution in [2.45, 2.75) is 33.2 Å². The molecule has 0 bridgehead atoms. The molecule has 174 valence electrons. The average Bonchev–Trinajstić information content (AvgIpc) is 3.36. The van der Waals surface area contributed by atoms with Gasteiger partial charge in [0.1, 0.15) is 16.3 Å². The number of nitrogens with zero attached hydrogens (tertiary/aromatic N) is 3. The monoisotopic (exact) mass is 539 g/mol. The number of benzene rings is 2. The van der Waals surface area contributed by atoms with E-state index in [9.17, 15) is 9.59 Å². The Morgan fingerprint density at radius 3 is 2.76 bits per heavy atom. The van der Waals surface area contributed by atoms with Crippen molar-refractivity contribution in [3.05, 3.63) is 79.1 Å². The van der Waals surface area contributed by atoms with Gasteiger partial charge in [0.05, 0.1) is 23.6 Å². The van der Waals surface area contributed by atoms with Gasteiger partial charge in [-0.1, -0.05) is 53.2 Å². The van der Waals surface area contributed by atoms with Crippen molar-refractivity contribution in [2.75, 3.05) is 11.5 Å². The third kappa shape index (κ3) is 3.92. The van der Waals surface area contributed by atoms with Crippen LogP contribution < -0.4 is 15.1 Å². The van der Waals surface area contributed by atoms with E-state index >= 15 is 0 Å². The lowest BCUT2D eigenvalue weighted by Gasteiger charge is -2.22. The molecular weight excluding hydrogens is 518 g/mol. The van der Waals surface area contributed by atoms with Crippen LogP contribution in [0.1, 0.15) is 53.5 Å². The molecule has 7 nitrogen and oxygen atoms in total. The van der Waals surface area contributed by atoms with Crippen molar-refractivity contribution in [3.63, 3.8) is 0 Å². The lowest BCUT2D eigenvalue weighted by Crippen LogP contribution is -2.29. The van der Waals surface area contributed by atoms with Crippen LogP contribution in [0.3, 0.4) is 0 Å². The Hall–Kier alpha value is -3.04. The van der Waals surface area contributed by atoms with Crippen LogP contribution in [0.5, 0.6) is 5.75 Å². The van der Waals surface area contributed by atoms with Gasteiger partial charge in [-0.2, -0.15) is 0 Å². The molecule has 0 radical (unpaired) electrons. The fourth-order valence-electron chi connectivity index (χ4n) is 4.17. The second-order valence-electron chi connectivity index (χ2n) is 8.47. The van der Waals surface area contributed by atoms with Crippen LogP contribution >= 0.6 is 27.3 Å². The molecule has 0 aliphatic carbocycles. The Labute approximate surface area is 208 Å². The van der Waals surface area contributed by atoms with Gasteiger partial charge in [-0.05, 0) is 48.7 Å². The molecule has 1 aliphatic heterocycles. The molecule has 2 aromatic heterocycles. The molecule has 4 aromatic rings. The molecule has 0 spiro atoms. The summed E-state index contributed by atoms with van der Waals surface area (Å²) in [6.45, 7) is 6.62. The second kappa shape index (κ2) is 8.96. The fourth-order valence-corrected chi connectivity index (χ4v) is 5.61. The highest BCUT2D eigenvalue weighted by atomic mass is 79.9. The number of hydrogen-bond donors (Lipinski definition) is 0. The molecule has 34 heavy (non-hydrogen) atoms. The highest BCUT2D eigenvalue weighted by Gasteiger charge is 2.45. The van der Waals surface area contributed by atoms with E-state index in [1.54, 1.807) is 18.2 Å². The van der Waals surface area contributed by atoms with Crippen LogP contribution in [-0.4, -0.2) is 22.7 Å². The van der Waals surface area contributed by atoms with Gasteiger partial charge in [-0.3, -0.25) is 14.5 Å². The summed E-state index contributed by atoms with van der Waals surface area (Å²) < 4.78 is 12.5. The minimum absolute atomic E-state index is 0.0345. The lowest BCUT2D eigenvalue weighted by atomic mass is 9.98. The Balaban J connectivity index is 1.73. The van der Waals surface area contributed by atoms with Crippen LogP contribution in [-0.2, 0) is 6.42 Å². The van der Waals surface area contributed by atoms with Gasteiger partial charge in [-0.15, -0.1) is 10.2 Å². The molecule has 5 rings (SSSR count). The number of aromatic nitrogens is 2. The average molecular weight is 540 g/mol. The smallest absolute Gasteiger partial charge is 0.297 e. The minimum Gasteiger partial charge on any atom is -0.494 e. The Kier molecular flexibility index (Phi) is 5.99. The topological polar surface area (TPSA) is 85.5 Å². The van der Waals surface area contributed by atoms with Crippen LogP contribution in [0.15, 0.2) is 56.1 Å². The molecular formula is C25H22BrN3O4S. The first-order valence-electron chi connectivity index (χ1n) is 11.0. The molecule has 2 aromatic carbocycles. The molecule has 0 saturated carbocycles. The number of carbonyl (C=O) groups excluding carboxylic acids is 1. The zero-order valence-electron chi connectivity index (χ0n) is 18.9. The quantitative estimate of drug-likeness (QED) is 0.310. The van der Waals surface area contributed by atoms with E-state index in [1.807, 2.05) is 31.2 Å². The summed E-state index contributed by atoms with van der Waals surface area (Å²) in [7, 11) is 0. The van der Waals surface area contributed by atoms with Gasteiger partial charge >= 0.3 is 0 Å². The maximum Gasteiger partial charge on any atom is 0.297 e. The zero-order chi connectivity index (χ0) is 24.0. The summed E-state index contributed by atoms with van der Waals surface area (Å²) >= 11 is 4.78. The van der Waals surface area contributed by atoms with Gasteiger partial charge in [0.25, 0.3) is 5.91 Å². The molecule has 0 fully saturated rings. The molecule has 0 N–H and O–H groups in total. The molecule has 0 saturated heterocycles. The SMILES string of the molecule is CCOc1cccc(C2c3c(oc4ccc(Br)cc4c3=O)C(=O)N2c2nnc(CC(C)C)s2)c1. The highest BCUT2D eigenvalue weighted by molar-refractivity contribution is 9.10. The molecule has 1 unspecified atom stereocenters. The zero-order valence-corrected chi connectivity index (χ0v) is 21.3. The van der Waals surface area contributed by atoms with Crippen molar-refractivity contribution >= 4 is 49.3 Å². The highest BCUT2D eigenvalue weighted by Crippen LogP contribution is 2.43. The summed E-state index contributed by atoms with van der Waals surface area (Å²) in [6, 6.07) is 11.9. The van der Waals surface area contributed by atoms with Crippen molar-refractivity contribution in [1.82, 2.24) is 10.2 Å². The predicted octanol–water partition coefficient (Wildman–Crippen LogP) is 5.75. The first-order chi connectivity index (χ1) is 16.4. The predicted molar refractivity (Wildman–Crippen MR) is 135 cm³/mol. The van der Waals surface area contributed by atoms with Gasteiger partial charge < -0.3 is 9.15 Å². The number of halogens is 1. The summed E-state index contributed by atoms with van der Waals surface area (Å²) in [4.78, 5) is 28.9. The van der Waals surface area contributed by atoms with Gasteiger partial charge in [0.2, 0.25) is 10.9 Å². The maximum atomic E-state index is 13.7. The largest absolute Gasteiger partial charge is 0.494 e. The van der Waals surface area contributed by atoms with Gasteiger partial charge in [0.15, 0.2) is 5.43 Å². The van der Waals surface area contributed by atoms with E-state index in [2.05, 4.69) is 40.0 Å². The number of amides is 1. The van der Waals surface area contributed by atoms with E-state index in [1.165, 1.54) is 16.2 Å². The molecule has 1 atom stereocenters. The van der Waals surface area contributed by atoms with E-state index in [0.29, 0.717) is 39.9 Å². The van der Waals surface area contributed by atoms with Crippen LogP contribution in [0, 0.1) is 5.92 Å². The van der Waals surface area contributed by atoms with E-state index in [0.717, 1.165) is 21.5 Å². The van der Waals surface area contributed by atoms with Crippen LogP contribution in [0.25, 0.3) is 11.0 Å². The molecule has 9 heteroatoms.